The summed E-state index contributed by atoms with van der Waals surface area (Å²) < 4.78 is 9.57. The summed E-state index contributed by atoms with van der Waals surface area (Å²) >= 11 is 7.71. The third kappa shape index (κ3) is 3.07. The Hall–Kier alpha value is -2.52. The SMILES string of the molecule is COC(=O)[C@@H]1N2C(=O)[C@@H](NC(=O)c3c(-c4ccccc4Cl)noc3C)[C@H]2SC1(C)C. The van der Waals surface area contributed by atoms with Crippen LogP contribution in [0.4, 0.5) is 0 Å². The van der Waals surface area contributed by atoms with Gasteiger partial charge in [-0.15, -0.1) is 11.8 Å². The topological polar surface area (TPSA) is 102 Å². The first-order valence-corrected chi connectivity index (χ1v) is 10.5. The quantitative estimate of drug-likeness (QED) is 0.565. The average molecular weight is 450 g/mol. The third-order valence-electron chi connectivity index (χ3n) is 5.37. The van der Waals surface area contributed by atoms with Crippen molar-refractivity contribution < 1.29 is 23.6 Å². The number of amides is 2. The minimum atomic E-state index is -0.759. The number of aromatic nitrogens is 1. The highest BCUT2D eigenvalue weighted by atomic mass is 35.5. The van der Waals surface area contributed by atoms with Gasteiger partial charge in [-0.3, -0.25) is 9.59 Å². The molecule has 30 heavy (non-hydrogen) atoms. The van der Waals surface area contributed by atoms with Gasteiger partial charge in [0.25, 0.3) is 5.91 Å². The Balaban J connectivity index is 1.59. The summed E-state index contributed by atoms with van der Waals surface area (Å²) in [7, 11) is 1.30. The van der Waals surface area contributed by atoms with Crippen molar-refractivity contribution in [1.29, 1.82) is 0 Å². The molecular weight excluding hydrogens is 430 g/mol. The van der Waals surface area contributed by atoms with Crippen LogP contribution >= 0.6 is 23.4 Å². The average Bonchev–Trinajstić information content (AvgIpc) is 3.20. The molecule has 0 radical (unpaired) electrons. The monoisotopic (exact) mass is 449 g/mol. The number of fused-ring (bicyclic) bond motifs is 1. The molecule has 1 aromatic heterocycles. The molecule has 10 heteroatoms. The van der Waals surface area contributed by atoms with Gasteiger partial charge in [-0.25, -0.2) is 4.79 Å². The molecule has 2 amide bonds. The zero-order valence-corrected chi connectivity index (χ0v) is 18.3. The lowest BCUT2D eigenvalue weighted by molar-refractivity contribution is -0.161. The normalized spacial score (nSPS) is 24.2. The van der Waals surface area contributed by atoms with E-state index in [1.54, 1.807) is 31.2 Å². The molecule has 3 heterocycles. The minimum Gasteiger partial charge on any atom is -0.467 e. The smallest absolute Gasteiger partial charge is 0.330 e. The third-order valence-corrected chi connectivity index (χ3v) is 7.27. The van der Waals surface area contributed by atoms with E-state index < -0.39 is 28.7 Å². The van der Waals surface area contributed by atoms with Crippen molar-refractivity contribution in [1.82, 2.24) is 15.4 Å². The van der Waals surface area contributed by atoms with Gasteiger partial charge in [0, 0.05) is 10.3 Å². The second-order valence-electron chi connectivity index (χ2n) is 7.68. The van der Waals surface area contributed by atoms with Crippen LogP contribution in [-0.4, -0.2) is 57.2 Å². The number of rotatable bonds is 4. The molecule has 0 saturated carbocycles. The second kappa shape index (κ2) is 7.31. The minimum absolute atomic E-state index is 0.223. The first-order chi connectivity index (χ1) is 14.2. The van der Waals surface area contributed by atoms with Gasteiger partial charge in [-0.05, 0) is 26.8 Å². The Morgan fingerprint density at radius 2 is 2.03 bits per heavy atom. The number of ether oxygens (including phenoxy) is 1. The summed E-state index contributed by atoms with van der Waals surface area (Å²) in [4.78, 5) is 39.6. The lowest BCUT2D eigenvalue weighted by atomic mass is 9.95. The van der Waals surface area contributed by atoms with Crippen LogP contribution in [0.2, 0.25) is 5.02 Å². The van der Waals surface area contributed by atoms with Gasteiger partial charge in [0.1, 0.15) is 34.5 Å². The second-order valence-corrected chi connectivity index (χ2v) is 9.85. The first-order valence-electron chi connectivity index (χ1n) is 9.27. The number of hydrogen-bond donors (Lipinski definition) is 1. The van der Waals surface area contributed by atoms with Crippen LogP contribution < -0.4 is 5.32 Å². The number of β-lactam (4-membered cyclic amide) rings is 1. The molecule has 2 fully saturated rings. The lowest BCUT2D eigenvalue weighted by Gasteiger charge is -2.43. The van der Waals surface area contributed by atoms with Gasteiger partial charge in [0.15, 0.2) is 0 Å². The lowest BCUT2D eigenvalue weighted by Crippen LogP contribution is -2.70. The summed E-state index contributed by atoms with van der Waals surface area (Å²) in [5.41, 5.74) is 1.09. The number of carbonyl (C=O) groups excluding carboxylic acids is 3. The van der Waals surface area contributed by atoms with Crippen molar-refractivity contribution in [3.05, 3.63) is 40.6 Å². The van der Waals surface area contributed by atoms with Gasteiger partial charge >= 0.3 is 5.97 Å². The largest absolute Gasteiger partial charge is 0.467 e. The number of esters is 1. The molecule has 2 saturated heterocycles. The van der Waals surface area contributed by atoms with Crippen LogP contribution in [0.3, 0.4) is 0 Å². The highest BCUT2D eigenvalue weighted by Gasteiger charge is 2.64. The van der Waals surface area contributed by atoms with Gasteiger partial charge < -0.3 is 19.5 Å². The van der Waals surface area contributed by atoms with Gasteiger partial charge in [-0.1, -0.05) is 35.0 Å². The molecule has 3 atom stereocenters. The summed E-state index contributed by atoms with van der Waals surface area (Å²) in [6.45, 7) is 5.38. The summed E-state index contributed by atoms with van der Waals surface area (Å²) in [6.07, 6.45) is 0. The summed E-state index contributed by atoms with van der Waals surface area (Å²) in [6, 6.07) is 5.53. The molecule has 2 aliphatic heterocycles. The van der Waals surface area contributed by atoms with Crippen molar-refractivity contribution in [2.45, 2.75) is 43.0 Å². The van der Waals surface area contributed by atoms with Crippen molar-refractivity contribution >= 4 is 41.1 Å². The van der Waals surface area contributed by atoms with Crippen LogP contribution in [-0.2, 0) is 14.3 Å². The molecule has 0 unspecified atom stereocenters. The molecule has 0 bridgehead atoms. The zero-order valence-electron chi connectivity index (χ0n) is 16.8. The van der Waals surface area contributed by atoms with E-state index in [0.717, 1.165) is 0 Å². The van der Waals surface area contributed by atoms with Crippen molar-refractivity contribution in [3.8, 4) is 11.3 Å². The van der Waals surface area contributed by atoms with E-state index >= 15 is 0 Å². The fraction of sp³-hybridized carbons (Fsp3) is 0.400. The number of methoxy groups -OCH3 is 1. The molecule has 2 aromatic rings. The number of nitrogens with zero attached hydrogens (tertiary/aromatic N) is 2. The highest BCUT2D eigenvalue weighted by Crippen LogP contribution is 2.51. The molecule has 1 aromatic carbocycles. The van der Waals surface area contributed by atoms with Gasteiger partial charge in [-0.2, -0.15) is 0 Å². The molecular formula is C20H20ClN3O5S. The fourth-order valence-corrected chi connectivity index (χ4v) is 5.77. The number of aryl methyl sites for hydroxylation is 1. The molecule has 2 aliphatic rings. The molecule has 1 N–H and O–H groups in total. The van der Waals surface area contributed by atoms with E-state index in [1.165, 1.54) is 23.8 Å². The van der Waals surface area contributed by atoms with E-state index in [-0.39, 0.29) is 16.8 Å². The highest BCUT2D eigenvalue weighted by molar-refractivity contribution is 8.01. The molecule has 158 valence electrons. The molecule has 0 aliphatic carbocycles. The summed E-state index contributed by atoms with van der Waals surface area (Å²) in [5, 5.41) is 6.84. The Morgan fingerprint density at radius 3 is 2.70 bits per heavy atom. The van der Waals surface area contributed by atoms with E-state index in [0.29, 0.717) is 22.0 Å². The maximum Gasteiger partial charge on any atom is 0.330 e. The van der Waals surface area contributed by atoms with Gasteiger partial charge in [0.05, 0.1) is 12.1 Å². The van der Waals surface area contributed by atoms with Crippen LogP contribution in [0.15, 0.2) is 28.8 Å². The predicted octanol–water partition coefficient (Wildman–Crippen LogP) is 2.64. The van der Waals surface area contributed by atoms with Crippen LogP contribution in [0.5, 0.6) is 0 Å². The van der Waals surface area contributed by atoms with E-state index in [2.05, 4.69) is 10.5 Å². The maximum atomic E-state index is 13.1. The fourth-order valence-electron chi connectivity index (χ4n) is 3.93. The van der Waals surface area contributed by atoms with Crippen molar-refractivity contribution in [2.75, 3.05) is 7.11 Å². The number of nitrogens with one attached hydrogen (secondary N) is 1. The Morgan fingerprint density at radius 1 is 1.33 bits per heavy atom. The van der Waals surface area contributed by atoms with Crippen LogP contribution in [0.25, 0.3) is 11.3 Å². The molecule has 4 rings (SSSR count). The molecule has 8 nitrogen and oxygen atoms in total. The first kappa shape index (κ1) is 20.7. The number of carbonyl (C=O) groups is 3. The van der Waals surface area contributed by atoms with Crippen LogP contribution in [0.1, 0.15) is 30.0 Å². The van der Waals surface area contributed by atoms with Gasteiger partial charge in [0.2, 0.25) is 5.91 Å². The maximum absolute atomic E-state index is 13.1. The van der Waals surface area contributed by atoms with E-state index in [4.69, 9.17) is 20.9 Å². The number of hydrogen-bond acceptors (Lipinski definition) is 7. The Kier molecular flexibility index (Phi) is 5.06. The standard InChI is InChI=1S/C20H20ClN3O5S/c1-9-12(13(23-29-9)10-7-5-6-8-11(10)21)16(25)22-14-17(26)24-15(19(27)28-4)20(2,3)30-18(14)24/h5-8,14-15,18H,1-4H3,(H,22,25)/t14-,15+,18-/m1/s1. The molecule has 0 spiro atoms. The number of thioether (sulfide) groups is 1. The van der Waals surface area contributed by atoms with Crippen LogP contribution in [0, 0.1) is 6.92 Å². The predicted molar refractivity (Wildman–Crippen MR) is 111 cm³/mol. The van der Waals surface area contributed by atoms with E-state index in [1.807, 2.05) is 13.8 Å². The Bertz CT molecular complexity index is 1050. The number of benzene rings is 1. The van der Waals surface area contributed by atoms with Crippen molar-refractivity contribution in [2.24, 2.45) is 0 Å². The van der Waals surface area contributed by atoms with Crippen molar-refractivity contribution in [3.63, 3.8) is 0 Å². The summed E-state index contributed by atoms with van der Waals surface area (Å²) in [5.74, 6) is -0.960. The zero-order chi connectivity index (χ0) is 21.8. The Labute approximate surface area is 182 Å². The van der Waals surface area contributed by atoms with E-state index in [9.17, 15) is 14.4 Å². The number of halogens is 1.